The molecule has 0 aromatic carbocycles. The maximum atomic E-state index is 12.4. The number of likely N-dealkylation sites (tertiary alicyclic amines) is 1. The van der Waals surface area contributed by atoms with E-state index < -0.39 is 17.4 Å². The quantitative estimate of drug-likeness (QED) is 0.547. The third kappa shape index (κ3) is 4.94. The van der Waals surface area contributed by atoms with Crippen LogP contribution in [0.1, 0.15) is 23.2 Å². The Balaban J connectivity index is 2.02. The largest absolute Gasteiger partial charge is 0.481 e. The Bertz CT molecular complexity index is 708. The van der Waals surface area contributed by atoms with E-state index in [1.54, 1.807) is 0 Å². The zero-order valence-corrected chi connectivity index (χ0v) is 14.5. The fourth-order valence-electron chi connectivity index (χ4n) is 2.78. The van der Waals surface area contributed by atoms with Gasteiger partial charge in [0, 0.05) is 26.7 Å². The number of pyridine rings is 1. The number of anilines is 1. The average Bonchev–Trinajstić information content (AvgIpc) is 2.56. The van der Waals surface area contributed by atoms with Crippen molar-refractivity contribution >= 4 is 29.3 Å². The summed E-state index contributed by atoms with van der Waals surface area (Å²) in [4.78, 5) is 39.2. The van der Waals surface area contributed by atoms with Gasteiger partial charge in [0.15, 0.2) is 0 Å². The van der Waals surface area contributed by atoms with E-state index in [0.717, 1.165) is 0 Å². The highest BCUT2D eigenvalue weighted by Crippen LogP contribution is 2.17. The van der Waals surface area contributed by atoms with Crippen molar-refractivity contribution in [2.24, 2.45) is 0 Å². The number of nitrogen functional groups attached to an aromatic ring is 1. The number of nitrogens with zero attached hydrogens (tertiary/aromatic N) is 1. The number of H-pyrrole nitrogens is 1. The molecular weight excluding hydrogens is 352 g/mol. The Kier molecular flexibility index (Phi) is 6.40. The molecule has 0 bridgehead atoms. The second-order valence-electron chi connectivity index (χ2n) is 5.86. The van der Waals surface area contributed by atoms with Gasteiger partial charge in [-0.15, -0.1) is 0 Å². The summed E-state index contributed by atoms with van der Waals surface area (Å²) >= 11 is 5.85. The molecular formula is C15H21ClN4O5. The number of ether oxygens (including phenoxy) is 1. The maximum Gasteiger partial charge on any atom is 0.304 e. The van der Waals surface area contributed by atoms with Crippen molar-refractivity contribution in [3.8, 4) is 0 Å². The van der Waals surface area contributed by atoms with E-state index in [1.807, 2.05) is 4.90 Å². The third-order valence-electron chi connectivity index (χ3n) is 4.17. The number of aromatic nitrogens is 1. The fourth-order valence-corrected chi connectivity index (χ4v) is 2.93. The van der Waals surface area contributed by atoms with Crippen molar-refractivity contribution in [2.45, 2.75) is 25.0 Å². The average molecular weight is 373 g/mol. The molecule has 0 spiro atoms. The molecule has 9 nitrogen and oxygen atoms in total. The molecule has 0 saturated carbocycles. The summed E-state index contributed by atoms with van der Waals surface area (Å²) in [7, 11) is 1.53. The number of carbonyl (C=O) groups is 2. The van der Waals surface area contributed by atoms with E-state index in [-0.39, 0.29) is 35.0 Å². The Morgan fingerprint density at radius 3 is 2.92 bits per heavy atom. The number of piperidine rings is 1. The Morgan fingerprint density at radius 2 is 2.28 bits per heavy atom. The zero-order chi connectivity index (χ0) is 18.6. The molecule has 2 heterocycles. The van der Waals surface area contributed by atoms with Crippen molar-refractivity contribution < 1.29 is 19.4 Å². The van der Waals surface area contributed by atoms with Gasteiger partial charge >= 0.3 is 5.97 Å². The normalized spacial score (nSPS) is 21.0. The Morgan fingerprint density at radius 1 is 1.56 bits per heavy atom. The Labute approximate surface area is 149 Å². The monoisotopic (exact) mass is 372 g/mol. The van der Waals surface area contributed by atoms with Crippen LogP contribution in [0.3, 0.4) is 0 Å². The van der Waals surface area contributed by atoms with Gasteiger partial charge in [-0.1, -0.05) is 11.6 Å². The van der Waals surface area contributed by atoms with Crippen LogP contribution in [0.25, 0.3) is 0 Å². The molecule has 1 aromatic rings. The highest BCUT2D eigenvalue weighted by atomic mass is 35.5. The molecule has 1 saturated heterocycles. The van der Waals surface area contributed by atoms with Gasteiger partial charge in [-0.25, -0.2) is 0 Å². The van der Waals surface area contributed by atoms with E-state index >= 15 is 0 Å². The van der Waals surface area contributed by atoms with Crippen molar-refractivity contribution in [1.82, 2.24) is 15.2 Å². The summed E-state index contributed by atoms with van der Waals surface area (Å²) < 4.78 is 5.41. The SMILES string of the molecule is CO[C@H]1CN(CCC(=O)O)CC[C@H]1NC(=O)c1cc(Cl)c(N)[nH]c1=O. The molecule has 25 heavy (non-hydrogen) atoms. The van der Waals surface area contributed by atoms with Crippen LogP contribution in [-0.4, -0.2) is 65.8 Å². The van der Waals surface area contributed by atoms with Gasteiger partial charge in [-0.2, -0.15) is 0 Å². The minimum atomic E-state index is -0.858. The fraction of sp³-hybridized carbons (Fsp3) is 0.533. The van der Waals surface area contributed by atoms with Gasteiger partial charge in [0.2, 0.25) is 0 Å². The van der Waals surface area contributed by atoms with Crippen LogP contribution in [0.15, 0.2) is 10.9 Å². The molecule has 1 fully saturated rings. The van der Waals surface area contributed by atoms with E-state index in [1.165, 1.54) is 13.2 Å². The molecule has 1 amide bonds. The lowest BCUT2D eigenvalue weighted by Gasteiger charge is -2.37. The molecule has 1 aliphatic heterocycles. The summed E-state index contributed by atoms with van der Waals surface area (Å²) in [5.41, 5.74) is 4.75. The first-order chi connectivity index (χ1) is 11.8. The predicted molar refractivity (Wildman–Crippen MR) is 91.8 cm³/mol. The number of hydrogen-bond acceptors (Lipinski definition) is 6. The minimum absolute atomic E-state index is 0.00437. The molecule has 0 radical (unpaired) electrons. The van der Waals surface area contributed by atoms with E-state index in [2.05, 4.69) is 10.3 Å². The molecule has 5 N–H and O–H groups in total. The molecule has 2 atom stereocenters. The van der Waals surface area contributed by atoms with Crippen LogP contribution in [0.2, 0.25) is 5.02 Å². The van der Waals surface area contributed by atoms with Crippen LogP contribution in [0.5, 0.6) is 0 Å². The number of carbonyl (C=O) groups excluding carboxylic acids is 1. The first-order valence-corrected chi connectivity index (χ1v) is 8.15. The van der Waals surface area contributed by atoms with Crippen molar-refractivity contribution in [1.29, 1.82) is 0 Å². The molecule has 10 heteroatoms. The summed E-state index contributed by atoms with van der Waals surface area (Å²) in [6.45, 7) is 1.54. The standard InChI is InChI=1S/C15H21ClN4O5/c1-25-11-7-20(5-3-12(21)22)4-2-10(11)18-14(23)8-6-9(16)13(17)19-15(8)24/h6,10-11H,2-5,7H2,1H3,(H,18,23)(H,21,22)(H3,17,19,24)/t10-,11+/m1/s1. The van der Waals surface area contributed by atoms with Crippen LogP contribution in [0.4, 0.5) is 5.82 Å². The van der Waals surface area contributed by atoms with Gasteiger partial charge in [0.25, 0.3) is 11.5 Å². The highest BCUT2D eigenvalue weighted by Gasteiger charge is 2.31. The van der Waals surface area contributed by atoms with Gasteiger partial charge in [0.05, 0.1) is 23.6 Å². The van der Waals surface area contributed by atoms with Crippen LogP contribution < -0.4 is 16.6 Å². The molecule has 0 aliphatic carbocycles. The first kappa shape index (κ1) is 19.2. The molecule has 138 valence electrons. The van der Waals surface area contributed by atoms with E-state index in [0.29, 0.717) is 26.1 Å². The number of nitrogens with one attached hydrogen (secondary N) is 2. The molecule has 2 rings (SSSR count). The number of hydrogen-bond donors (Lipinski definition) is 4. The topological polar surface area (TPSA) is 138 Å². The summed E-state index contributed by atoms with van der Waals surface area (Å²) in [5.74, 6) is -1.41. The highest BCUT2D eigenvalue weighted by molar-refractivity contribution is 6.33. The number of aliphatic carboxylic acids is 1. The predicted octanol–water partition coefficient (Wildman–Crippen LogP) is -0.0957. The first-order valence-electron chi connectivity index (χ1n) is 7.78. The lowest BCUT2D eigenvalue weighted by molar-refractivity contribution is -0.137. The van der Waals surface area contributed by atoms with Gasteiger partial charge < -0.3 is 30.8 Å². The number of aromatic amines is 1. The zero-order valence-electron chi connectivity index (χ0n) is 13.8. The molecule has 1 aliphatic rings. The smallest absolute Gasteiger partial charge is 0.304 e. The Hall–Kier alpha value is -2.10. The van der Waals surface area contributed by atoms with Crippen molar-refractivity contribution in [3.63, 3.8) is 0 Å². The lowest BCUT2D eigenvalue weighted by Crippen LogP contribution is -2.55. The number of rotatable bonds is 6. The van der Waals surface area contributed by atoms with Gasteiger partial charge in [-0.3, -0.25) is 14.4 Å². The van der Waals surface area contributed by atoms with Crippen LogP contribution >= 0.6 is 11.6 Å². The van der Waals surface area contributed by atoms with Crippen molar-refractivity contribution in [3.05, 3.63) is 27.0 Å². The summed E-state index contributed by atoms with van der Waals surface area (Å²) in [6, 6.07) is 0.934. The summed E-state index contributed by atoms with van der Waals surface area (Å²) in [6.07, 6.45) is 0.312. The number of carboxylic acids is 1. The summed E-state index contributed by atoms with van der Waals surface area (Å²) in [5, 5.41) is 11.6. The second-order valence-corrected chi connectivity index (χ2v) is 6.27. The number of carboxylic acid groups (broad SMARTS) is 1. The van der Waals surface area contributed by atoms with Gasteiger partial charge in [-0.05, 0) is 12.5 Å². The van der Waals surface area contributed by atoms with Gasteiger partial charge in [0.1, 0.15) is 11.4 Å². The van der Waals surface area contributed by atoms with Crippen molar-refractivity contribution in [2.75, 3.05) is 32.5 Å². The molecule has 1 aromatic heterocycles. The third-order valence-corrected chi connectivity index (χ3v) is 4.48. The number of halogens is 1. The second kappa shape index (κ2) is 8.32. The lowest BCUT2D eigenvalue weighted by atomic mass is 10.0. The minimum Gasteiger partial charge on any atom is -0.481 e. The number of amides is 1. The molecule has 0 unspecified atom stereocenters. The maximum absolute atomic E-state index is 12.4. The van der Waals surface area contributed by atoms with Crippen LogP contribution in [-0.2, 0) is 9.53 Å². The number of methoxy groups -OCH3 is 1. The van der Waals surface area contributed by atoms with Crippen LogP contribution in [0, 0.1) is 0 Å². The van der Waals surface area contributed by atoms with E-state index in [4.69, 9.17) is 27.2 Å². The number of nitrogens with two attached hydrogens (primary N) is 1. The van der Waals surface area contributed by atoms with E-state index in [9.17, 15) is 14.4 Å².